The second kappa shape index (κ2) is 7.89. The topological polar surface area (TPSA) is 75.4 Å². The van der Waals surface area contributed by atoms with Crippen LogP contribution in [0.3, 0.4) is 0 Å². The molecular formula is C17H19Cl2N3O3. The van der Waals surface area contributed by atoms with Gasteiger partial charge in [-0.3, -0.25) is 9.59 Å². The van der Waals surface area contributed by atoms with E-state index in [0.717, 1.165) is 11.3 Å². The summed E-state index contributed by atoms with van der Waals surface area (Å²) >= 11 is 12.2. The molecule has 0 spiro atoms. The molecule has 2 rings (SSSR count). The summed E-state index contributed by atoms with van der Waals surface area (Å²) in [7, 11) is 0. The number of nitrogens with zero attached hydrogens (tertiary/aromatic N) is 3. The number of hydrogen-bond donors (Lipinski definition) is 1. The van der Waals surface area contributed by atoms with Gasteiger partial charge in [-0.25, -0.2) is 4.68 Å². The molecule has 134 valence electrons. The van der Waals surface area contributed by atoms with E-state index in [4.69, 9.17) is 28.3 Å². The van der Waals surface area contributed by atoms with Gasteiger partial charge in [0.05, 0.1) is 22.8 Å². The fourth-order valence-electron chi connectivity index (χ4n) is 2.62. The maximum Gasteiger partial charge on any atom is 0.323 e. The molecule has 0 fully saturated rings. The lowest BCUT2D eigenvalue weighted by molar-refractivity contribution is -0.144. The number of aromatic nitrogens is 2. The summed E-state index contributed by atoms with van der Waals surface area (Å²) in [5, 5.41) is 14.4. The number of carboxylic acid groups (broad SMARTS) is 1. The zero-order chi connectivity index (χ0) is 18.7. The summed E-state index contributed by atoms with van der Waals surface area (Å²) in [6.45, 7) is 5.42. The van der Waals surface area contributed by atoms with Crippen LogP contribution in [0.15, 0.2) is 18.2 Å². The van der Waals surface area contributed by atoms with Crippen molar-refractivity contribution in [3.63, 3.8) is 0 Å². The summed E-state index contributed by atoms with van der Waals surface area (Å²) in [6.07, 6.45) is 0.0873. The minimum atomic E-state index is -1.03. The minimum absolute atomic E-state index is 0.0873. The fourth-order valence-corrected chi connectivity index (χ4v) is 3.11. The number of rotatable bonds is 6. The van der Waals surface area contributed by atoms with E-state index in [0.29, 0.717) is 28.0 Å². The van der Waals surface area contributed by atoms with Crippen molar-refractivity contribution in [2.24, 2.45) is 0 Å². The molecule has 1 aromatic carbocycles. The van der Waals surface area contributed by atoms with Crippen LogP contribution in [0.2, 0.25) is 10.0 Å². The van der Waals surface area contributed by atoms with E-state index in [1.165, 1.54) is 4.90 Å². The highest BCUT2D eigenvalue weighted by atomic mass is 35.5. The van der Waals surface area contributed by atoms with Crippen LogP contribution in [0.4, 0.5) is 0 Å². The van der Waals surface area contributed by atoms with Crippen LogP contribution in [0.1, 0.15) is 23.9 Å². The number of carbonyl (C=O) groups is 2. The Bertz CT molecular complexity index is 818. The summed E-state index contributed by atoms with van der Waals surface area (Å²) in [5.74, 6) is -1.29. The largest absolute Gasteiger partial charge is 0.480 e. The van der Waals surface area contributed by atoms with Crippen LogP contribution < -0.4 is 0 Å². The first kappa shape index (κ1) is 19.3. The zero-order valence-electron chi connectivity index (χ0n) is 14.2. The van der Waals surface area contributed by atoms with Crippen molar-refractivity contribution in [2.75, 3.05) is 13.1 Å². The Morgan fingerprint density at radius 3 is 2.52 bits per heavy atom. The fraction of sp³-hybridized carbons (Fsp3) is 0.353. The first-order valence-corrected chi connectivity index (χ1v) is 8.50. The smallest absolute Gasteiger partial charge is 0.323 e. The first-order chi connectivity index (χ1) is 11.7. The molecule has 2 aromatic rings. The lowest BCUT2D eigenvalue weighted by atomic mass is 10.1. The van der Waals surface area contributed by atoms with Gasteiger partial charge in [0, 0.05) is 22.8 Å². The van der Waals surface area contributed by atoms with Gasteiger partial charge >= 0.3 is 5.97 Å². The highest BCUT2D eigenvalue weighted by Crippen LogP contribution is 2.27. The molecular weight excluding hydrogens is 365 g/mol. The van der Waals surface area contributed by atoms with Crippen LogP contribution in [0.25, 0.3) is 5.69 Å². The molecule has 0 unspecified atom stereocenters. The van der Waals surface area contributed by atoms with E-state index in [2.05, 4.69) is 5.10 Å². The number of halogens is 2. The van der Waals surface area contributed by atoms with Crippen LogP contribution in [0, 0.1) is 13.8 Å². The number of carboxylic acids is 1. The predicted octanol–water partition coefficient (Wildman–Crippen LogP) is 3.27. The number of carbonyl (C=O) groups excluding carboxylic acids is 1. The minimum Gasteiger partial charge on any atom is -0.480 e. The Morgan fingerprint density at radius 1 is 1.28 bits per heavy atom. The molecule has 0 saturated carbocycles. The summed E-state index contributed by atoms with van der Waals surface area (Å²) in [5.41, 5.74) is 2.91. The molecule has 0 aliphatic rings. The van der Waals surface area contributed by atoms with E-state index in [9.17, 15) is 9.59 Å². The quantitative estimate of drug-likeness (QED) is 0.830. The van der Waals surface area contributed by atoms with Gasteiger partial charge in [-0.2, -0.15) is 5.10 Å². The lowest BCUT2D eigenvalue weighted by Gasteiger charge is -2.18. The maximum absolute atomic E-state index is 12.4. The molecule has 1 aromatic heterocycles. The second-order valence-electron chi connectivity index (χ2n) is 5.64. The van der Waals surface area contributed by atoms with Crippen LogP contribution in [-0.4, -0.2) is 44.8 Å². The summed E-state index contributed by atoms with van der Waals surface area (Å²) < 4.78 is 1.67. The van der Waals surface area contributed by atoms with Crippen molar-refractivity contribution in [1.29, 1.82) is 0 Å². The Hall–Kier alpha value is -2.05. The van der Waals surface area contributed by atoms with Gasteiger partial charge in [-0.15, -0.1) is 0 Å². The van der Waals surface area contributed by atoms with Gasteiger partial charge in [0.1, 0.15) is 6.54 Å². The molecule has 0 aliphatic carbocycles. The van der Waals surface area contributed by atoms with Crippen molar-refractivity contribution in [3.05, 3.63) is 45.2 Å². The molecule has 1 N–H and O–H groups in total. The second-order valence-corrected chi connectivity index (χ2v) is 6.48. The molecule has 0 saturated heterocycles. The highest BCUT2D eigenvalue weighted by Gasteiger charge is 2.21. The first-order valence-electron chi connectivity index (χ1n) is 7.74. The molecule has 0 atom stereocenters. The summed E-state index contributed by atoms with van der Waals surface area (Å²) in [4.78, 5) is 24.6. The van der Waals surface area contributed by atoms with Gasteiger partial charge in [-0.1, -0.05) is 23.2 Å². The van der Waals surface area contributed by atoms with Gasteiger partial charge in [0.25, 0.3) is 0 Å². The van der Waals surface area contributed by atoms with Gasteiger partial charge in [-0.05, 0) is 39.0 Å². The van der Waals surface area contributed by atoms with Crippen LogP contribution >= 0.6 is 23.2 Å². The number of aliphatic carboxylic acids is 1. The molecule has 0 aliphatic heterocycles. The van der Waals surface area contributed by atoms with E-state index in [1.54, 1.807) is 29.8 Å². The standard InChI is InChI=1S/C17H19Cl2N3O3/c1-4-21(9-17(24)25)16(23)8-13-10(2)20-22(11(13)3)15-6-5-12(18)7-14(15)19/h5-7H,4,8-9H2,1-3H3,(H,24,25). The van der Waals surface area contributed by atoms with Crippen molar-refractivity contribution < 1.29 is 14.7 Å². The Balaban J connectivity index is 2.33. The van der Waals surface area contributed by atoms with Gasteiger partial charge < -0.3 is 10.0 Å². The average molecular weight is 384 g/mol. The van der Waals surface area contributed by atoms with Crippen molar-refractivity contribution in [3.8, 4) is 5.69 Å². The maximum atomic E-state index is 12.4. The molecule has 6 nitrogen and oxygen atoms in total. The lowest BCUT2D eigenvalue weighted by Crippen LogP contribution is -2.36. The van der Waals surface area contributed by atoms with E-state index in [-0.39, 0.29) is 18.9 Å². The van der Waals surface area contributed by atoms with Crippen molar-refractivity contribution >= 4 is 35.1 Å². The van der Waals surface area contributed by atoms with Crippen molar-refractivity contribution in [1.82, 2.24) is 14.7 Å². The number of amides is 1. The predicted molar refractivity (Wildman–Crippen MR) is 96.7 cm³/mol. The van der Waals surface area contributed by atoms with Crippen LogP contribution in [0.5, 0.6) is 0 Å². The number of hydrogen-bond acceptors (Lipinski definition) is 3. The third kappa shape index (κ3) is 4.32. The normalized spacial score (nSPS) is 10.8. The average Bonchev–Trinajstić information content (AvgIpc) is 2.80. The number of benzene rings is 1. The van der Waals surface area contributed by atoms with Crippen molar-refractivity contribution in [2.45, 2.75) is 27.2 Å². The van der Waals surface area contributed by atoms with Crippen LogP contribution in [-0.2, 0) is 16.0 Å². The Morgan fingerprint density at radius 2 is 1.96 bits per heavy atom. The SMILES string of the molecule is CCN(CC(=O)O)C(=O)Cc1c(C)nn(-c2ccc(Cl)cc2Cl)c1C. The monoisotopic (exact) mass is 383 g/mol. The third-order valence-electron chi connectivity index (χ3n) is 3.97. The van der Waals surface area contributed by atoms with Gasteiger partial charge in [0.15, 0.2) is 0 Å². The molecule has 0 radical (unpaired) electrons. The number of likely N-dealkylation sites (N-methyl/N-ethyl adjacent to an activating group) is 1. The molecule has 25 heavy (non-hydrogen) atoms. The zero-order valence-corrected chi connectivity index (χ0v) is 15.7. The third-order valence-corrected chi connectivity index (χ3v) is 4.51. The molecule has 8 heteroatoms. The van der Waals surface area contributed by atoms with E-state index < -0.39 is 5.97 Å². The highest BCUT2D eigenvalue weighted by molar-refractivity contribution is 6.35. The molecule has 1 heterocycles. The molecule has 1 amide bonds. The van der Waals surface area contributed by atoms with Gasteiger partial charge in [0.2, 0.25) is 5.91 Å². The number of aryl methyl sites for hydroxylation is 1. The summed E-state index contributed by atoms with van der Waals surface area (Å²) in [6, 6.07) is 5.11. The Kier molecular flexibility index (Phi) is 6.08. The van der Waals surface area contributed by atoms with E-state index in [1.807, 2.05) is 13.8 Å². The Labute approximate surface area is 155 Å². The van der Waals surface area contributed by atoms with E-state index >= 15 is 0 Å². The molecule has 0 bridgehead atoms.